The van der Waals surface area contributed by atoms with Crippen LogP contribution in [0, 0.1) is 0 Å². The van der Waals surface area contributed by atoms with Crippen LogP contribution in [0.2, 0.25) is 0 Å². The van der Waals surface area contributed by atoms with Crippen LogP contribution in [-0.2, 0) is 9.63 Å². The molecule has 0 bridgehead atoms. The summed E-state index contributed by atoms with van der Waals surface area (Å²) < 4.78 is 0. The molecule has 2 amide bonds. The average molecular weight is 330 g/mol. The van der Waals surface area contributed by atoms with E-state index in [1.165, 1.54) is 19.3 Å². The normalized spacial score (nSPS) is 10.4. The van der Waals surface area contributed by atoms with Crippen molar-refractivity contribution in [2.24, 2.45) is 0 Å². The van der Waals surface area contributed by atoms with Gasteiger partial charge >= 0.3 is 12.0 Å². The topological polar surface area (TPSA) is 78.9 Å². The molecular weight excluding hydrogens is 296 g/mol. The van der Waals surface area contributed by atoms with E-state index in [0.717, 1.165) is 44.9 Å². The summed E-state index contributed by atoms with van der Waals surface area (Å²) in [5.74, 6) is -0.585. The fourth-order valence-corrected chi connectivity index (χ4v) is 2.22. The molecule has 136 valence electrons. The molecule has 0 saturated heterocycles. The van der Waals surface area contributed by atoms with Crippen LogP contribution in [0.1, 0.15) is 90.9 Å². The summed E-state index contributed by atoms with van der Waals surface area (Å²) in [5, 5.41) is 11.9. The highest BCUT2D eigenvalue weighted by molar-refractivity contribution is 5.75. The molecule has 2 N–H and O–H groups in total. The second kappa shape index (κ2) is 15.6. The van der Waals surface area contributed by atoms with Gasteiger partial charge in [0.05, 0.1) is 0 Å². The first-order valence-electron chi connectivity index (χ1n) is 9.09. The molecule has 0 aliphatic carbocycles. The number of amides is 2. The number of carbonyl (C=O) groups is 2. The van der Waals surface area contributed by atoms with E-state index in [-0.39, 0.29) is 11.6 Å². The summed E-state index contributed by atoms with van der Waals surface area (Å²) in [6.45, 7) is 4.76. The van der Waals surface area contributed by atoms with Gasteiger partial charge in [-0.25, -0.2) is 9.59 Å². The number of nitrogens with zero attached hydrogens (tertiary/aromatic N) is 1. The van der Waals surface area contributed by atoms with Crippen molar-refractivity contribution in [3.05, 3.63) is 0 Å². The monoisotopic (exact) mass is 330 g/mol. The number of hydrogen-bond donors (Lipinski definition) is 2. The van der Waals surface area contributed by atoms with Crippen molar-refractivity contribution in [2.45, 2.75) is 90.9 Å². The molecule has 23 heavy (non-hydrogen) atoms. The Labute approximate surface area is 140 Å². The first-order chi connectivity index (χ1) is 11.1. The largest absolute Gasteiger partial charge is 0.376 e. The minimum absolute atomic E-state index is 0.00542. The van der Waals surface area contributed by atoms with E-state index in [2.05, 4.69) is 24.0 Å². The number of hydrogen-bond acceptors (Lipinski definition) is 4. The van der Waals surface area contributed by atoms with Crippen LogP contribution in [-0.4, -0.2) is 29.0 Å². The van der Waals surface area contributed by atoms with E-state index in [4.69, 9.17) is 0 Å². The molecule has 0 aromatic carbocycles. The Morgan fingerprint density at radius 3 is 2.00 bits per heavy atom. The fraction of sp³-hybridized carbons (Fsp3) is 0.882. The van der Waals surface area contributed by atoms with E-state index in [1.54, 1.807) is 0 Å². The van der Waals surface area contributed by atoms with Crippen molar-refractivity contribution in [1.82, 2.24) is 10.5 Å². The summed E-state index contributed by atoms with van der Waals surface area (Å²) in [7, 11) is 0. The van der Waals surface area contributed by atoms with Gasteiger partial charge in [0.15, 0.2) is 0 Å². The number of hydroxylamine groups is 2. The Bertz CT molecular complexity index is 311. The van der Waals surface area contributed by atoms with Crippen LogP contribution < -0.4 is 5.32 Å². The zero-order chi connectivity index (χ0) is 17.3. The van der Waals surface area contributed by atoms with Gasteiger partial charge in [-0.3, -0.25) is 5.21 Å². The Hall–Kier alpha value is -1.30. The molecule has 0 unspecified atom stereocenters. The molecule has 0 fully saturated rings. The van der Waals surface area contributed by atoms with Crippen molar-refractivity contribution in [2.75, 3.05) is 6.54 Å². The smallest absolute Gasteiger partial charge is 0.334 e. The minimum atomic E-state index is -0.794. The molecule has 0 saturated carbocycles. The molecule has 6 nitrogen and oxygen atoms in total. The van der Waals surface area contributed by atoms with Crippen LogP contribution in [0.15, 0.2) is 0 Å². The Balaban J connectivity index is 3.58. The molecule has 0 spiro atoms. The van der Waals surface area contributed by atoms with E-state index >= 15 is 0 Å². The summed E-state index contributed by atoms with van der Waals surface area (Å²) >= 11 is 0. The first-order valence-corrected chi connectivity index (χ1v) is 9.09. The lowest BCUT2D eigenvalue weighted by atomic mass is 10.1. The van der Waals surface area contributed by atoms with Gasteiger partial charge in [-0.05, 0) is 18.1 Å². The van der Waals surface area contributed by atoms with Gasteiger partial charge in [0.25, 0.3) is 0 Å². The van der Waals surface area contributed by atoms with Crippen molar-refractivity contribution in [3.63, 3.8) is 0 Å². The van der Waals surface area contributed by atoms with E-state index in [0.29, 0.717) is 13.0 Å². The molecule has 6 heteroatoms. The fourth-order valence-electron chi connectivity index (χ4n) is 2.22. The average Bonchev–Trinajstić information content (AvgIpc) is 2.53. The van der Waals surface area contributed by atoms with Gasteiger partial charge in [0.1, 0.15) is 0 Å². The van der Waals surface area contributed by atoms with Crippen molar-refractivity contribution in [3.8, 4) is 0 Å². The maximum absolute atomic E-state index is 11.5. The molecule has 0 aromatic rings. The molecule has 0 aliphatic heterocycles. The summed E-state index contributed by atoms with van der Waals surface area (Å²) in [6.07, 6.45) is 12.0. The second-order valence-electron chi connectivity index (χ2n) is 5.90. The van der Waals surface area contributed by atoms with Crippen LogP contribution in [0.3, 0.4) is 0 Å². The zero-order valence-corrected chi connectivity index (χ0v) is 14.8. The van der Waals surface area contributed by atoms with Gasteiger partial charge in [-0.2, -0.15) is 0 Å². The summed E-state index contributed by atoms with van der Waals surface area (Å²) in [5.41, 5.74) is 0. The lowest BCUT2D eigenvalue weighted by Gasteiger charge is -2.14. The van der Waals surface area contributed by atoms with E-state index in [9.17, 15) is 14.8 Å². The second-order valence-corrected chi connectivity index (χ2v) is 5.90. The zero-order valence-electron chi connectivity index (χ0n) is 14.8. The Morgan fingerprint density at radius 1 is 0.870 bits per heavy atom. The summed E-state index contributed by atoms with van der Waals surface area (Å²) in [6, 6.07) is -0.794. The van der Waals surface area contributed by atoms with E-state index < -0.39 is 12.0 Å². The minimum Gasteiger partial charge on any atom is -0.334 e. The van der Waals surface area contributed by atoms with Gasteiger partial charge < -0.3 is 10.2 Å². The highest BCUT2D eigenvalue weighted by atomic mass is 16.9. The Morgan fingerprint density at radius 2 is 1.39 bits per heavy atom. The highest BCUT2D eigenvalue weighted by Crippen LogP contribution is 2.06. The third-order valence-electron chi connectivity index (χ3n) is 3.65. The number of urea groups is 1. The van der Waals surface area contributed by atoms with Crippen LogP contribution >= 0.6 is 0 Å². The van der Waals surface area contributed by atoms with Crippen molar-refractivity contribution < 1.29 is 19.6 Å². The molecule has 0 radical (unpaired) electrons. The molecule has 0 heterocycles. The van der Waals surface area contributed by atoms with E-state index in [1.807, 2.05) is 0 Å². The molecule has 0 atom stereocenters. The third-order valence-corrected chi connectivity index (χ3v) is 3.65. The predicted molar refractivity (Wildman–Crippen MR) is 89.9 cm³/mol. The lowest BCUT2D eigenvalue weighted by molar-refractivity contribution is -0.278. The SMILES string of the molecule is CCCCCCCCNC(=O)N(O)OC(=O)CCCCCCC. The maximum atomic E-state index is 11.5. The molecule has 0 aliphatic rings. The number of rotatable bonds is 13. The lowest BCUT2D eigenvalue weighted by Crippen LogP contribution is -2.39. The van der Waals surface area contributed by atoms with Gasteiger partial charge in [0, 0.05) is 13.0 Å². The van der Waals surface area contributed by atoms with Crippen LogP contribution in [0.5, 0.6) is 0 Å². The van der Waals surface area contributed by atoms with Crippen molar-refractivity contribution >= 4 is 12.0 Å². The molecule has 0 rings (SSSR count). The summed E-state index contributed by atoms with van der Waals surface area (Å²) in [4.78, 5) is 27.5. The van der Waals surface area contributed by atoms with Gasteiger partial charge in [0.2, 0.25) is 0 Å². The van der Waals surface area contributed by atoms with Gasteiger partial charge in [-0.15, -0.1) is 0 Å². The standard InChI is InChI=1S/C17H34N2O4/c1-3-5-7-9-11-13-15-18-17(21)19(22)23-16(20)14-12-10-8-6-4-2/h22H,3-15H2,1-2H3,(H,18,21). The molecule has 0 aromatic heterocycles. The molecular formula is C17H34N2O4. The Kier molecular flexibility index (Phi) is 14.7. The number of nitrogens with one attached hydrogen (secondary N) is 1. The number of unbranched alkanes of at least 4 members (excludes halogenated alkanes) is 9. The van der Waals surface area contributed by atoms with Crippen LogP contribution in [0.25, 0.3) is 0 Å². The quantitative estimate of drug-likeness (QED) is 0.294. The van der Waals surface area contributed by atoms with Crippen LogP contribution in [0.4, 0.5) is 4.79 Å². The van der Waals surface area contributed by atoms with Crippen molar-refractivity contribution in [1.29, 1.82) is 0 Å². The maximum Gasteiger partial charge on any atom is 0.376 e. The third kappa shape index (κ3) is 14.0. The first kappa shape index (κ1) is 21.7. The highest BCUT2D eigenvalue weighted by Gasteiger charge is 2.15. The predicted octanol–water partition coefficient (Wildman–Crippen LogP) is 4.57. The number of carbonyl (C=O) groups excluding carboxylic acids is 2. The van der Waals surface area contributed by atoms with Gasteiger partial charge in [-0.1, -0.05) is 71.6 Å².